The molecule has 0 unspecified atom stereocenters. The van der Waals surface area contributed by atoms with Gasteiger partial charge in [-0.05, 0) is 36.6 Å². The summed E-state index contributed by atoms with van der Waals surface area (Å²) in [5, 5.41) is 0. The number of hydrogen-bond donors (Lipinski definition) is 1. The number of imidazole rings is 1. The van der Waals surface area contributed by atoms with Crippen LogP contribution in [0.3, 0.4) is 0 Å². The van der Waals surface area contributed by atoms with Crippen molar-refractivity contribution in [1.29, 1.82) is 0 Å². The van der Waals surface area contributed by atoms with E-state index in [1.54, 1.807) is 25.1 Å². The zero-order valence-corrected chi connectivity index (χ0v) is 11.5. The van der Waals surface area contributed by atoms with Crippen molar-refractivity contribution in [3.63, 3.8) is 0 Å². The maximum atomic E-state index is 5.41. The van der Waals surface area contributed by atoms with Crippen LogP contribution < -0.4 is 4.74 Å². The van der Waals surface area contributed by atoms with Gasteiger partial charge >= 0.3 is 0 Å². The average molecular weight is 271 g/mol. The van der Waals surface area contributed by atoms with Crippen LogP contribution in [0.1, 0.15) is 0 Å². The number of fused-ring (bicyclic) bond motifs is 1. The highest BCUT2D eigenvalue weighted by Gasteiger charge is 2.11. The minimum atomic E-state index is 0.717. The number of H-pyrrole nitrogens is 1. The van der Waals surface area contributed by atoms with Crippen molar-refractivity contribution < 1.29 is 4.74 Å². The van der Waals surface area contributed by atoms with E-state index in [0.717, 1.165) is 22.7 Å². The second kappa shape index (κ2) is 4.93. The van der Waals surface area contributed by atoms with Gasteiger partial charge in [-0.15, -0.1) is 11.8 Å². The molecule has 0 aliphatic rings. The first-order valence-electron chi connectivity index (χ1n) is 5.85. The van der Waals surface area contributed by atoms with Crippen LogP contribution in [0.25, 0.3) is 22.6 Å². The van der Waals surface area contributed by atoms with Gasteiger partial charge in [0.25, 0.3) is 0 Å². The molecule has 5 heteroatoms. The normalized spacial score (nSPS) is 10.8. The van der Waals surface area contributed by atoms with E-state index >= 15 is 0 Å². The Labute approximate surface area is 115 Å². The molecule has 0 spiro atoms. The molecular formula is C14H13N3OS. The smallest absolute Gasteiger partial charge is 0.178 e. The molecule has 2 aromatic heterocycles. The molecule has 96 valence electrons. The first-order chi connectivity index (χ1) is 9.31. The van der Waals surface area contributed by atoms with Crippen LogP contribution in [0.4, 0.5) is 0 Å². The van der Waals surface area contributed by atoms with E-state index < -0.39 is 0 Å². The second-order valence-corrected chi connectivity index (χ2v) is 4.91. The number of nitrogens with zero attached hydrogens (tertiary/aromatic N) is 2. The van der Waals surface area contributed by atoms with Crippen LogP contribution >= 0.6 is 11.8 Å². The SMILES string of the molecule is COc1ccc(SC)cc1-c1nc2ncccc2[nH]1. The Morgan fingerprint density at radius 1 is 1.26 bits per heavy atom. The monoisotopic (exact) mass is 271 g/mol. The molecule has 2 heterocycles. The van der Waals surface area contributed by atoms with Gasteiger partial charge < -0.3 is 9.72 Å². The number of benzene rings is 1. The highest BCUT2D eigenvalue weighted by Crippen LogP contribution is 2.32. The molecule has 0 radical (unpaired) electrons. The summed E-state index contributed by atoms with van der Waals surface area (Å²) < 4.78 is 5.41. The van der Waals surface area contributed by atoms with E-state index in [-0.39, 0.29) is 0 Å². The molecule has 19 heavy (non-hydrogen) atoms. The van der Waals surface area contributed by atoms with Crippen LogP contribution in [0.5, 0.6) is 5.75 Å². The van der Waals surface area contributed by atoms with Crippen LogP contribution in [0, 0.1) is 0 Å². The van der Waals surface area contributed by atoms with E-state index in [9.17, 15) is 0 Å². The highest BCUT2D eigenvalue weighted by atomic mass is 32.2. The summed E-state index contributed by atoms with van der Waals surface area (Å²) in [5.41, 5.74) is 2.59. The van der Waals surface area contributed by atoms with Gasteiger partial charge in [0.2, 0.25) is 0 Å². The summed E-state index contributed by atoms with van der Waals surface area (Å²) >= 11 is 1.69. The number of rotatable bonds is 3. The molecule has 1 N–H and O–H groups in total. The lowest BCUT2D eigenvalue weighted by molar-refractivity contribution is 0.416. The number of aromatic amines is 1. The fraction of sp³-hybridized carbons (Fsp3) is 0.143. The molecule has 0 amide bonds. The summed E-state index contributed by atoms with van der Waals surface area (Å²) in [6.45, 7) is 0. The zero-order chi connectivity index (χ0) is 13.2. The predicted molar refractivity (Wildman–Crippen MR) is 77.7 cm³/mol. The predicted octanol–water partition coefficient (Wildman–Crippen LogP) is 3.36. The number of nitrogens with one attached hydrogen (secondary N) is 1. The van der Waals surface area contributed by atoms with Gasteiger partial charge in [-0.1, -0.05) is 0 Å². The van der Waals surface area contributed by atoms with Gasteiger partial charge in [-0.2, -0.15) is 0 Å². The molecule has 0 saturated carbocycles. The number of aromatic nitrogens is 3. The fourth-order valence-electron chi connectivity index (χ4n) is 1.97. The Morgan fingerprint density at radius 3 is 2.89 bits per heavy atom. The van der Waals surface area contributed by atoms with Gasteiger partial charge in [0.05, 0.1) is 18.2 Å². The Morgan fingerprint density at radius 2 is 2.16 bits per heavy atom. The number of pyridine rings is 1. The standard InChI is InChI=1S/C14H13N3OS/c1-18-12-6-5-9(19-2)8-10(12)13-16-11-4-3-7-15-14(11)17-13/h3-8H,1-2H3,(H,15,16,17). The Hall–Kier alpha value is -2.01. The third kappa shape index (κ3) is 2.17. The molecule has 0 saturated heterocycles. The number of hydrogen-bond acceptors (Lipinski definition) is 4. The molecule has 3 aromatic rings. The van der Waals surface area contributed by atoms with E-state index in [2.05, 4.69) is 21.0 Å². The molecule has 3 rings (SSSR count). The van der Waals surface area contributed by atoms with Gasteiger partial charge in [-0.3, -0.25) is 0 Å². The van der Waals surface area contributed by atoms with Gasteiger partial charge in [-0.25, -0.2) is 9.97 Å². The van der Waals surface area contributed by atoms with E-state index in [4.69, 9.17) is 4.74 Å². The van der Waals surface area contributed by atoms with Crippen LogP contribution in [-0.4, -0.2) is 28.3 Å². The Bertz CT molecular complexity index is 691. The van der Waals surface area contributed by atoms with Crippen molar-refractivity contribution in [1.82, 2.24) is 15.0 Å². The van der Waals surface area contributed by atoms with Crippen molar-refractivity contribution in [2.24, 2.45) is 0 Å². The van der Waals surface area contributed by atoms with Crippen LogP contribution in [0.15, 0.2) is 41.4 Å². The quantitative estimate of drug-likeness (QED) is 0.742. The van der Waals surface area contributed by atoms with Crippen molar-refractivity contribution >= 4 is 22.9 Å². The molecule has 0 aliphatic carbocycles. The molecule has 0 bridgehead atoms. The number of ether oxygens (including phenoxy) is 1. The Balaban J connectivity index is 2.19. The third-order valence-corrected chi connectivity index (χ3v) is 3.64. The van der Waals surface area contributed by atoms with Gasteiger partial charge in [0, 0.05) is 11.1 Å². The minimum Gasteiger partial charge on any atom is -0.496 e. The zero-order valence-electron chi connectivity index (χ0n) is 10.7. The third-order valence-electron chi connectivity index (χ3n) is 2.92. The molecule has 0 atom stereocenters. The van der Waals surface area contributed by atoms with Gasteiger partial charge in [0.15, 0.2) is 5.65 Å². The molecule has 0 aliphatic heterocycles. The summed E-state index contributed by atoms with van der Waals surface area (Å²) in [6, 6.07) is 9.92. The lowest BCUT2D eigenvalue weighted by atomic mass is 10.2. The van der Waals surface area contributed by atoms with Crippen molar-refractivity contribution in [3.8, 4) is 17.1 Å². The summed E-state index contributed by atoms with van der Waals surface area (Å²) in [5.74, 6) is 1.58. The average Bonchev–Trinajstić information content (AvgIpc) is 2.90. The van der Waals surface area contributed by atoms with Crippen LogP contribution in [0.2, 0.25) is 0 Å². The molecule has 0 fully saturated rings. The minimum absolute atomic E-state index is 0.717. The summed E-state index contributed by atoms with van der Waals surface area (Å²) in [6.07, 6.45) is 3.79. The van der Waals surface area contributed by atoms with Gasteiger partial charge in [0.1, 0.15) is 11.6 Å². The first kappa shape index (κ1) is 12.0. The number of thioether (sulfide) groups is 1. The lowest BCUT2D eigenvalue weighted by Crippen LogP contribution is -1.89. The van der Waals surface area contributed by atoms with E-state index in [0.29, 0.717) is 5.65 Å². The second-order valence-electron chi connectivity index (χ2n) is 4.03. The van der Waals surface area contributed by atoms with E-state index in [1.165, 1.54) is 4.90 Å². The summed E-state index contributed by atoms with van der Waals surface area (Å²) in [7, 11) is 1.67. The van der Waals surface area contributed by atoms with Crippen molar-refractivity contribution in [2.75, 3.05) is 13.4 Å². The highest BCUT2D eigenvalue weighted by molar-refractivity contribution is 7.98. The maximum Gasteiger partial charge on any atom is 0.178 e. The first-order valence-corrected chi connectivity index (χ1v) is 7.07. The lowest BCUT2D eigenvalue weighted by Gasteiger charge is -2.07. The molecule has 1 aromatic carbocycles. The van der Waals surface area contributed by atoms with Crippen molar-refractivity contribution in [3.05, 3.63) is 36.5 Å². The fourth-order valence-corrected chi connectivity index (χ4v) is 2.41. The topological polar surface area (TPSA) is 50.8 Å². The number of methoxy groups -OCH3 is 1. The maximum absolute atomic E-state index is 5.41. The Kier molecular flexibility index (Phi) is 3.13. The largest absolute Gasteiger partial charge is 0.496 e. The molecular weight excluding hydrogens is 258 g/mol. The molecule has 4 nitrogen and oxygen atoms in total. The van der Waals surface area contributed by atoms with E-state index in [1.807, 2.05) is 30.5 Å². The van der Waals surface area contributed by atoms with Crippen LogP contribution in [-0.2, 0) is 0 Å². The summed E-state index contributed by atoms with van der Waals surface area (Å²) in [4.78, 5) is 13.2. The van der Waals surface area contributed by atoms with Crippen molar-refractivity contribution in [2.45, 2.75) is 4.90 Å².